The predicted octanol–water partition coefficient (Wildman–Crippen LogP) is 3.55. The molecule has 1 N–H and O–H groups in total. The lowest BCUT2D eigenvalue weighted by Crippen LogP contribution is -2.10. The van der Waals surface area contributed by atoms with Gasteiger partial charge in [-0.05, 0) is 36.8 Å². The lowest BCUT2D eigenvalue weighted by molar-refractivity contribution is -0.115. The molecule has 0 saturated heterocycles. The zero-order valence-corrected chi connectivity index (χ0v) is 11.9. The maximum absolute atomic E-state index is 11.6. The second-order valence-electron chi connectivity index (χ2n) is 4.78. The van der Waals surface area contributed by atoms with E-state index in [-0.39, 0.29) is 5.91 Å². The summed E-state index contributed by atoms with van der Waals surface area (Å²) in [5, 5.41) is 2.88. The Morgan fingerprint density at radius 2 is 2.19 bits per heavy atom. The van der Waals surface area contributed by atoms with Gasteiger partial charge in [0.05, 0.1) is 0 Å². The molecular weight excluding hydrogens is 266 g/mol. The molecule has 2 aromatic heterocycles. The molecule has 1 amide bonds. The van der Waals surface area contributed by atoms with Gasteiger partial charge in [-0.2, -0.15) is 4.98 Å². The third kappa shape index (κ3) is 2.63. The summed E-state index contributed by atoms with van der Waals surface area (Å²) in [6.45, 7) is 3.77. The number of hydrogen-bond donors (Lipinski definition) is 1. The zero-order chi connectivity index (χ0) is 14.8. The largest absolute Gasteiger partial charge is 0.434 e. The molecule has 0 spiro atoms. The Morgan fingerprint density at radius 3 is 2.95 bits per heavy atom. The van der Waals surface area contributed by atoms with Crippen molar-refractivity contribution in [3.05, 3.63) is 42.1 Å². The third-order valence-corrected chi connectivity index (χ3v) is 3.24. The maximum atomic E-state index is 11.6. The van der Waals surface area contributed by atoms with Gasteiger partial charge < -0.3 is 9.73 Å². The van der Waals surface area contributed by atoms with E-state index >= 15 is 0 Å². The van der Waals surface area contributed by atoms with E-state index < -0.39 is 0 Å². The number of nitrogens with one attached hydrogen (secondary N) is 1. The first-order valence-corrected chi connectivity index (χ1v) is 6.80. The average Bonchev–Trinajstić information content (AvgIpc) is 2.93. The number of nitrogens with zero attached hydrogens (tertiary/aromatic N) is 2. The normalized spacial score (nSPS) is 10.8. The number of oxazole rings is 1. The van der Waals surface area contributed by atoms with Gasteiger partial charge in [-0.3, -0.25) is 4.79 Å². The van der Waals surface area contributed by atoms with Gasteiger partial charge in [0, 0.05) is 23.9 Å². The van der Waals surface area contributed by atoms with Crippen LogP contribution in [0, 0.1) is 6.92 Å². The number of amides is 1. The molecule has 0 unspecified atom stereocenters. The van der Waals surface area contributed by atoms with Crippen LogP contribution < -0.4 is 5.32 Å². The summed E-state index contributed by atoms with van der Waals surface area (Å²) in [5.41, 5.74) is 3.80. The molecule has 0 saturated carbocycles. The summed E-state index contributed by atoms with van der Waals surface area (Å²) in [6, 6.07) is 9.35. The number of fused-ring (bicyclic) bond motifs is 1. The van der Waals surface area contributed by atoms with Gasteiger partial charge in [-0.15, -0.1) is 0 Å². The van der Waals surface area contributed by atoms with Crippen LogP contribution in [0.3, 0.4) is 0 Å². The second-order valence-corrected chi connectivity index (χ2v) is 4.78. The highest BCUT2D eigenvalue weighted by Gasteiger charge is 2.11. The van der Waals surface area contributed by atoms with Crippen molar-refractivity contribution < 1.29 is 9.21 Å². The Morgan fingerprint density at radius 1 is 1.33 bits per heavy atom. The molecule has 0 aliphatic heterocycles. The summed E-state index contributed by atoms with van der Waals surface area (Å²) in [6.07, 6.45) is 2.12. The molecule has 3 aromatic rings. The first-order valence-electron chi connectivity index (χ1n) is 6.80. The number of pyridine rings is 1. The monoisotopic (exact) mass is 281 g/mol. The predicted molar refractivity (Wildman–Crippen MR) is 80.9 cm³/mol. The van der Waals surface area contributed by atoms with E-state index in [1.165, 1.54) is 0 Å². The first-order chi connectivity index (χ1) is 10.2. The SMILES string of the molecule is CCC(=O)Nc1cc(-c2nc3ncccc3o2)ccc1C. The Labute approximate surface area is 122 Å². The van der Waals surface area contributed by atoms with Crippen LogP contribution in [0.5, 0.6) is 0 Å². The van der Waals surface area contributed by atoms with Crippen LogP contribution >= 0.6 is 0 Å². The van der Waals surface area contributed by atoms with Crippen molar-refractivity contribution in [3.63, 3.8) is 0 Å². The third-order valence-electron chi connectivity index (χ3n) is 3.24. The fraction of sp³-hybridized carbons (Fsp3) is 0.188. The molecule has 5 nitrogen and oxygen atoms in total. The van der Waals surface area contributed by atoms with Gasteiger partial charge in [-0.25, -0.2) is 4.98 Å². The standard InChI is InChI=1S/C16H15N3O2/c1-3-14(20)18-12-9-11(7-6-10(12)2)16-19-15-13(21-16)5-4-8-17-15/h4-9H,3H2,1-2H3,(H,18,20). The van der Waals surface area contributed by atoms with Crippen molar-refractivity contribution >= 4 is 22.8 Å². The molecule has 0 fully saturated rings. The Balaban J connectivity index is 2.02. The topological polar surface area (TPSA) is 68.0 Å². The number of hydrogen-bond acceptors (Lipinski definition) is 4. The summed E-state index contributed by atoms with van der Waals surface area (Å²) in [7, 11) is 0. The van der Waals surface area contributed by atoms with E-state index in [4.69, 9.17) is 4.42 Å². The van der Waals surface area contributed by atoms with Gasteiger partial charge in [-0.1, -0.05) is 13.0 Å². The van der Waals surface area contributed by atoms with Gasteiger partial charge >= 0.3 is 0 Å². The molecule has 1 aromatic carbocycles. The van der Waals surface area contributed by atoms with Crippen LogP contribution in [0.2, 0.25) is 0 Å². The van der Waals surface area contributed by atoms with Gasteiger partial charge in [0.2, 0.25) is 11.8 Å². The highest BCUT2D eigenvalue weighted by molar-refractivity contribution is 5.92. The van der Waals surface area contributed by atoms with E-state index in [1.807, 2.05) is 38.1 Å². The second kappa shape index (κ2) is 5.36. The average molecular weight is 281 g/mol. The minimum absolute atomic E-state index is 0.0190. The molecular formula is C16H15N3O2. The number of aryl methyl sites for hydroxylation is 1. The molecule has 21 heavy (non-hydrogen) atoms. The van der Waals surface area contributed by atoms with E-state index in [0.717, 1.165) is 16.8 Å². The lowest BCUT2D eigenvalue weighted by atomic mass is 10.1. The highest BCUT2D eigenvalue weighted by Crippen LogP contribution is 2.27. The van der Waals surface area contributed by atoms with Crippen molar-refractivity contribution in [1.82, 2.24) is 9.97 Å². The summed E-state index contributed by atoms with van der Waals surface area (Å²) >= 11 is 0. The minimum atomic E-state index is -0.0190. The van der Waals surface area contributed by atoms with Crippen LogP contribution in [0.15, 0.2) is 40.9 Å². The highest BCUT2D eigenvalue weighted by atomic mass is 16.3. The van der Waals surface area contributed by atoms with Gasteiger partial charge in [0.25, 0.3) is 0 Å². The van der Waals surface area contributed by atoms with E-state index in [2.05, 4.69) is 15.3 Å². The van der Waals surface area contributed by atoms with Crippen LogP contribution in [0.1, 0.15) is 18.9 Å². The summed E-state index contributed by atoms with van der Waals surface area (Å²) < 4.78 is 5.69. The Kier molecular flexibility index (Phi) is 3.39. The number of anilines is 1. The van der Waals surface area contributed by atoms with E-state index in [1.54, 1.807) is 12.3 Å². The van der Waals surface area contributed by atoms with Crippen molar-refractivity contribution in [2.75, 3.05) is 5.32 Å². The minimum Gasteiger partial charge on any atom is -0.434 e. The zero-order valence-electron chi connectivity index (χ0n) is 11.9. The molecule has 0 atom stereocenters. The van der Waals surface area contributed by atoms with Crippen LogP contribution in [-0.4, -0.2) is 15.9 Å². The van der Waals surface area contributed by atoms with Crippen molar-refractivity contribution in [1.29, 1.82) is 0 Å². The number of carbonyl (C=O) groups excluding carboxylic acids is 1. The molecule has 0 aliphatic carbocycles. The maximum Gasteiger partial charge on any atom is 0.228 e. The van der Waals surface area contributed by atoms with Crippen molar-refractivity contribution in [3.8, 4) is 11.5 Å². The number of benzene rings is 1. The van der Waals surface area contributed by atoms with E-state index in [0.29, 0.717) is 23.5 Å². The fourth-order valence-corrected chi connectivity index (χ4v) is 2.02. The van der Waals surface area contributed by atoms with Crippen molar-refractivity contribution in [2.24, 2.45) is 0 Å². The first kappa shape index (κ1) is 13.3. The van der Waals surface area contributed by atoms with E-state index in [9.17, 15) is 4.79 Å². The molecule has 0 aliphatic rings. The fourth-order valence-electron chi connectivity index (χ4n) is 2.02. The molecule has 3 rings (SSSR count). The van der Waals surface area contributed by atoms with Crippen LogP contribution in [0.25, 0.3) is 22.7 Å². The molecule has 0 bridgehead atoms. The quantitative estimate of drug-likeness (QED) is 0.797. The number of carbonyl (C=O) groups is 1. The lowest BCUT2D eigenvalue weighted by Gasteiger charge is -2.08. The molecule has 0 radical (unpaired) electrons. The van der Waals surface area contributed by atoms with Crippen LogP contribution in [0.4, 0.5) is 5.69 Å². The van der Waals surface area contributed by atoms with Gasteiger partial charge in [0.1, 0.15) is 0 Å². The Bertz CT molecular complexity index is 775. The van der Waals surface area contributed by atoms with Gasteiger partial charge in [0.15, 0.2) is 11.2 Å². The molecule has 5 heteroatoms. The molecule has 2 heterocycles. The van der Waals surface area contributed by atoms with Crippen LogP contribution in [-0.2, 0) is 4.79 Å². The summed E-state index contributed by atoms with van der Waals surface area (Å²) in [5.74, 6) is 0.477. The summed E-state index contributed by atoms with van der Waals surface area (Å²) in [4.78, 5) is 20.1. The number of aromatic nitrogens is 2. The molecule has 106 valence electrons. The van der Waals surface area contributed by atoms with Crippen molar-refractivity contribution in [2.45, 2.75) is 20.3 Å². The number of rotatable bonds is 3. The smallest absolute Gasteiger partial charge is 0.228 e. The Hall–Kier alpha value is -2.69.